The van der Waals surface area contributed by atoms with Crippen molar-refractivity contribution in [3.63, 3.8) is 0 Å². The lowest BCUT2D eigenvalue weighted by Crippen LogP contribution is -2.25. The molecule has 3 aromatic rings. The van der Waals surface area contributed by atoms with Crippen LogP contribution in [-0.2, 0) is 22.6 Å². The third-order valence-electron chi connectivity index (χ3n) is 6.28. The van der Waals surface area contributed by atoms with Gasteiger partial charge >= 0.3 is 12.6 Å². The maximum absolute atomic E-state index is 12.8. The van der Waals surface area contributed by atoms with Gasteiger partial charge in [0.25, 0.3) is 5.91 Å². The van der Waals surface area contributed by atoms with E-state index in [-0.39, 0.29) is 29.9 Å². The molecule has 0 saturated heterocycles. The number of rotatable bonds is 9. The Bertz CT molecular complexity index is 1240. The number of benzene rings is 1. The number of hydrogen-bond acceptors (Lipinski definition) is 8. The van der Waals surface area contributed by atoms with Crippen LogP contribution < -0.4 is 10.1 Å². The van der Waals surface area contributed by atoms with Crippen molar-refractivity contribution in [3.05, 3.63) is 53.3 Å². The van der Waals surface area contributed by atoms with Crippen molar-refractivity contribution in [1.29, 1.82) is 0 Å². The number of amides is 1. The molecule has 0 atom stereocenters. The third-order valence-corrected chi connectivity index (χ3v) is 6.28. The van der Waals surface area contributed by atoms with E-state index in [1.165, 1.54) is 19.2 Å². The van der Waals surface area contributed by atoms with E-state index in [1.54, 1.807) is 36.0 Å². The van der Waals surface area contributed by atoms with Crippen LogP contribution in [0.1, 0.15) is 47.4 Å². The SMILES string of the molecule is COC(=O)[C@H]1CC[C@H](Cn2nnc(-c3cc(C)nc(C(=O)NCc4cccc(OC(F)F)c4)c3)n2)CC1. The molecule has 0 aliphatic heterocycles. The second-order valence-electron chi connectivity index (χ2n) is 9.00. The summed E-state index contributed by atoms with van der Waals surface area (Å²) in [6, 6.07) is 9.47. The zero-order valence-corrected chi connectivity index (χ0v) is 20.6. The number of aryl methyl sites for hydroxylation is 1. The van der Waals surface area contributed by atoms with Gasteiger partial charge in [0.05, 0.1) is 19.6 Å². The number of esters is 1. The Morgan fingerprint density at radius 3 is 2.68 bits per heavy atom. The lowest BCUT2D eigenvalue weighted by molar-refractivity contribution is -0.146. The molecule has 2 aromatic heterocycles. The highest BCUT2D eigenvalue weighted by atomic mass is 19.3. The zero-order chi connectivity index (χ0) is 26.4. The van der Waals surface area contributed by atoms with Crippen molar-refractivity contribution in [1.82, 2.24) is 30.5 Å². The second kappa shape index (κ2) is 11.8. The summed E-state index contributed by atoms with van der Waals surface area (Å²) in [7, 11) is 1.42. The van der Waals surface area contributed by atoms with E-state index in [9.17, 15) is 18.4 Å². The van der Waals surface area contributed by atoms with E-state index in [0.717, 1.165) is 25.7 Å². The number of carbonyl (C=O) groups excluding carboxylic acids is 2. The van der Waals surface area contributed by atoms with E-state index in [2.05, 4.69) is 30.4 Å². The van der Waals surface area contributed by atoms with Gasteiger partial charge in [0.1, 0.15) is 11.4 Å². The van der Waals surface area contributed by atoms with E-state index >= 15 is 0 Å². The first-order valence-electron chi connectivity index (χ1n) is 12.0. The van der Waals surface area contributed by atoms with Crippen LogP contribution in [0, 0.1) is 18.8 Å². The molecule has 1 fully saturated rings. The predicted molar refractivity (Wildman–Crippen MR) is 127 cm³/mol. The Balaban J connectivity index is 1.37. The van der Waals surface area contributed by atoms with Crippen LogP contribution in [0.3, 0.4) is 0 Å². The van der Waals surface area contributed by atoms with Gasteiger partial charge in [-0.1, -0.05) is 12.1 Å². The smallest absolute Gasteiger partial charge is 0.387 e. The molecule has 2 heterocycles. The molecule has 0 bridgehead atoms. The van der Waals surface area contributed by atoms with Crippen LogP contribution in [-0.4, -0.2) is 50.8 Å². The summed E-state index contributed by atoms with van der Waals surface area (Å²) in [6.07, 6.45) is 3.33. The number of ether oxygens (including phenoxy) is 2. The number of aromatic nitrogens is 5. The molecule has 0 spiro atoms. The van der Waals surface area contributed by atoms with Gasteiger partial charge < -0.3 is 14.8 Å². The summed E-state index contributed by atoms with van der Waals surface area (Å²) >= 11 is 0. The van der Waals surface area contributed by atoms with E-state index in [1.807, 2.05) is 0 Å². The molecule has 12 heteroatoms. The number of nitrogens with one attached hydrogen (secondary N) is 1. The van der Waals surface area contributed by atoms with Gasteiger partial charge in [-0.2, -0.15) is 13.6 Å². The summed E-state index contributed by atoms with van der Waals surface area (Å²) in [4.78, 5) is 30.3. The number of halogens is 2. The van der Waals surface area contributed by atoms with Crippen molar-refractivity contribution in [2.45, 2.75) is 52.3 Å². The Morgan fingerprint density at radius 2 is 1.95 bits per heavy atom. The standard InChI is InChI=1S/C25H28F2N6O4/c1-15-10-19(22-30-32-33(31-22)14-16-6-8-18(9-7-16)24(35)36-2)12-21(29-15)23(34)28-13-17-4-3-5-20(11-17)37-25(26)27/h3-5,10-12,16,18,25H,6-9,13-14H2,1-2H3,(H,28,34)/t16-,18-. The predicted octanol–water partition coefficient (Wildman–Crippen LogP) is 3.55. The van der Waals surface area contributed by atoms with Gasteiger partial charge in [-0.3, -0.25) is 9.59 Å². The van der Waals surface area contributed by atoms with E-state index < -0.39 is 12.5 Å². The molecular weight excluding hydrogens is 486 g/mol. The van der Waals surface area contributed by atoms with Crippen LogP contribution >= 0.6 is 0 Å². The maximum Gasteiger partial charge on any atom is 0.387 e. The van der Waals surface area contributed by atoms with Crippen LogP contribution in [0.5, 0.6) is 5.75 Å². The number of carbonyl (C=O) groups is 2. The number of hydrogen-bond donors (Lipinski definition) is 1. The molecule has 10 nitrogen and oxygen atoms in total. The number of methoxy groups -OCH3 is 1. The Labute approximate surface area is 212 Å². The summed E-state index contributed by atoms with van der Waals surface area (Å²) in [5.74, 6) is 0.109. The molecule has 1 saturated carbocycles. The molecule has 1 aliphatic rings. The number of pyridine rings is 1. The van der Waals surface area contributed by atoms with E-state index in [0.29, 0.717) is 35.1 Å². The van der Waals surface area contributed by atoms with Crippen molar-refractivity contribution in [2.75, 3.05) is 7.11 Å². The molecule has 196 valence electrons. The summed E-state index contributed by atoms with van der Waals surface area (Å²) in [5.41, 5.74) is 1.98. The van der Waals surface area contributed by atoms with Gasteiger partial charge in [-0.25, -0.2) is 4.98 Å². The van der Waals surface area contributed by atoms with Crippen molar-refractivity contribution in [2.24, 2.45) is 11.8 Å². The molecular formula is C25H28F2N6O4. The Hall–Kier alpha value is -3.96. The minimum absolute atomic E-state index is 0.0170. The lowest BCUT2D eigenvalue weighted by Gasteiger charge is -2.26. The number of alkyl halides is 2. The Kier molecular flexibility index (Phi) is 8.36. The Morgan fingerprint density at radius 1 is 1.16 bits per heavy atom. The van der Waals surface area contributed by atoms with Gasteiger partial charge in [-0.05, 0) is 73.6 Å². The molecule has 1 aromatic carbocycles. The molecule has 1 N–H and O–H groups in total. The first kappa shape index (κ1) is 26.1. The van der Waals surface area contributed by atoms with Crippen LogP contribution in [0.4, 0.5) is 8.78 Å². The van der Waals surface area contributed by atoms with Crippen molar-refractivity contribution >= 4 is 11.9 Å². The monoisotopic (exact) mass is 514 g/mol. The minimum Gasteiger partial charge on any atom is -0.469 e. The second-order valence-corrected chi connectivity index (χ2v) is 9.00. The topological polar surface area (TPSA) is 121 Å². The quantitative estimate of drug-likeness (QED) is 0.431. The average molecular weight is 515 g/mol. The van der Waals surface area contributed by atoms with Crippen LogP contribution in [0.15, 0.2) is 36.4 Å². The van der Waals surface area contributed by atoms with Gasteiger partial charge in [0.2, 0.25) is 5.82 Å². The third kappa shape index (κ3) is 7.05. The molecule has 4 rings (SSSR count). The summed E-state index contributed by atoms with van der Waals surface area (Å²) < 4.78 is 34.1. The van der Waals surface area contributed by atoms with Gasteiger partial charge in [0, 0.05) is 17.8 Å². The van der Waals surface area contributed by atoms with Crippen molar-refractivity contribution in [3.8, 4) is 17.1 Å². The average Bonchev–Trinajstić information content (AvgIpc) is 3.35. The highest BCUT2D eigenvalue weighted by molar-refractivity contribution is 5.93. The van der Waals surface area contributed by atoms with Gasteiger partial charge in [-0.15, -0.1) is 10.2 Å². The van der Waals surface area contributed by atoms with Crippen LogP contribution in [0.2, 0.25) is 0 Å². The zero-order valence-electron chi connectivity index (χ0n) is 20.6. The normalized spacial score (nSPS) is 17.4. The molecule has 1 aliphatic carbocycles. The highest BCUT2D eigenvalue weighted by Crippen LogP contribution is 2.30. The van der Waals surface area contributed by atoms with Crippen molar-refractivity contribution < 1.29 is 27.8 Å². The van der Waals surface area contributed by atoms with E-state index in [4.69, 9.17) is 4.74 Å². The number of nitrogens with zero attached hydrogens (tertiary/aromatic N) is 5. The largest absolute Gasteiger partial charge is 0.469 e. The number of tetrazole rings is 1. The first-order chi connectivity index (χ1) is 17.8. The molecule has 1 amide bonds. The summed E-state index contributed by atoms with van der Waals surface area (Å²) in [5, 5.41) is 15.5. The molecule has 37 heavy (non-hydrogen) atoms. The fourth-order valence-electron chi connectivity index (χ4n) is 4.43. The maximum atomic E-state index is 12.8. The molecule has 0 unspecified atom stereocenters. The fraction of sp³-hybridized carbons (Fsp3) is 0.440. The first-order valence-corrected chi connectivity index (χ1v) is 12.0. The van der Waals surface area contributed by atoms with Gasteiger partial charge in [0.15, 0.2) is 0 Å². The summed E-state index contributed by atoms with van der Waals surface area (Å²) in [6.45, 7) is -0.466. The lowest BCUT2D eigenvalue weighted by atomic mass is 9.82. The molecule has 0 radical (unpaired) electrons. The fourth-order valence-corrected chi connectivity index (χ4v) is 4.43. The minimum atomic E-state index is -2.92. The highest BCUT2D eigenvalue weighted by Gasteiger charge is 2.27. The van der Waals surface area contributed by atoms with Crippen LogP contribution in [0.25, 0.3) is 11.4 Å².